The van der Waals surface area contributed by atoms with Gasteiger partial charge in [0, 0.05) is 6.54 Å². The highest BCUT2D eigenvalue weighted by Gasteiger charge is 2.10. The molecular weight excluding hydrogens is 190 g/mol. The number of carbonyl (C=O) groups excluding carboxylic acids is 1. The van der Waals surface area contributed by atoms with E-state index in [9.17, 15) is 4.79 Å². The highest BCUT2D eigenvalue weighted by molar-refractivity contribution is 5.38. The first-order valence-corrected chi connectivity index (χ1v) is 6.04. The van der Waals surface area contributed by atoms with E-state index in [0.29, 0.717) is 5.92 Å². The van der Waals surface area contributed by atoms with Crippen LogP contribution in [0.25, 0.3) is 0 Å². The van der Waals surface area contributed by atoms with Crippen LogP contribution >= 0.6 is 0 Å². The summed E-state index contributed by atoms with van der Waals surface area (Å²) < 4.78 is 4.77. The number of unbranched alkanes of at least 4 members (excludes halogenated alkanes) is 1. The molecule has 3 heteroatoms. The largest absolute Gasteiger partial charge is 0.438 e. The van der Waals surface area contributed by atoms with Crippen LogP contribution in [0.2, 0.25) is 0 Å². The fraction of sp³-hybridized carbons (Fsp3) is 0.917. The number of nitrogens with one attached hydrogen (secondary N) is 1. The zero-order valence-electron chi connectivity index (χ0n) is 10.2. The topological polar surface area (TPSA) is 38.3 Å². The highest BCUT2D eigenvalue weighted by atomic mass is 16.5. The van der Waals surface area contributed by atoms with Crippen molar-refractivity contribution in [1.82, 2.24) is 5.32 Å². The Morgan fingerprint density at radius 2 is 2.00 bits per heavy atom. The SMILES string of the molecule is CCCCC(CC)CNC(CC)O[C]=O. The van der Waals surface area contributed by atoms with Crippen LogP contribution in [0.15, 0.2) is 0 Å². The van der Waals surface area contributed by atoms with Gasteiger partial charge in [-0.3, -0.25) is 5.32 Å². The third-order valence-corrected chi connectivity index (χ3v) is 2.74. The van der Waals surface area contributed by atoms with Gasteiger partial charge in [-0.15, -0.1) is 0 Å². The molecule has 0 fully saturated rings. The van der Waals surface area contributed by atoms with Crippen LogP contribution in [0.3, 0.4) is 0 Å². The van der Waals surface area contributed by atoms with E-state index >= 15 is 0 Å². The molecule has 89 valence electrons. The van der Waals surface area contributed by atoms with E-state index in [1.165, 1.54) is 32.2 Å². The second-order valence-electron chi connectivity index (χ2n) is 3.92. The van der Waals surface area contributed by atoms with E-state index in [-0.39, 0.29) is 6.23 Å². The lowest BCUT2D eigenvalue weighted by atomic mass is 9.99. The maximum absolute atomic E-state index is 10.1. The summed E-state index contributed by atoms with van der Waals surface area (Å²) in [5, 5.41) is 3.25. The Balaban J connectivity index is 3.70. The zero-order chi connectivity index (χ0) is 11.5. The molecule has 2 unspecified atom stereocenters. The van der Waals surface area contributed by atoms with Gasteiger partial charge in [-0.2, -0.15) is 0 Å². The summed E-state index contributed by atoms with van der Waals surface area (Å²) in [6.45, 7) is 8.82. The Bertz CT molecular complexity index is 151. The van der Waals surface area contributed by atoms with Crippen LogP contribution < -0.4 is 5.32 Å². The Hall–Kier alpha value is -0.570. The minimum absolute atomic E-state index is 0.168. The molecule has 3 nitrogen and oxygen atoms in total. The number of hydrogen-bond donors (Lipinski definition) is 1. The second-order valence-corrected chi connectivity index (χ2v) is 3.92. The summed E-state index contributed by atoms with van der Waals surface area (Å²) in [5.74, 6) is 0.689. The monoisotopic (exact) mass is 214 g/mol. The molecule has 0 bridgehead atoms. The molecule has 0 saturated heterocycles. The van der Waals surface area contributed by atoms with Gasteiger partial charge in [-0.25, -0.2) is 4.79 Å². The first-order valence-electron chi connectivity index (χ1n) is 6.04. The first-order chi connectivity index (χ1) is 7.28. The lowest BCUT2D eigenvalue weighted by molar-refractivity contribution is 0.131. The van der Waals surface area contributed by atoms with Crippen molar-refractivity contribution < 1.29 is 9.53 Å². The molecule has 0 heterocycles. The quantitative estimate of drug-likeness (QED) is 0.568. The summed E-state index contributed by atoms with van der Waals surface area (Å²) in [6, 6.07) is 0. The van der Waals surface area contributed by atoms with Gasteiger partial charge >= 0.3 is 6.47 Å². The minimum atomic E-state index is -0.168. The van der Waals surface area contributed by atoms with Crippen molar-refractivity contribution in [2.24, 2.45) is 5.92 Å². The van der Waals surface area contributed by atoms with Gasteiger partial charge in [-0.05, 0) is 18.8 Å². The van der Waals surface area contributed by atoms with Crippen molar-refractivity contribution in [3.8, 4) is 0 Å². The van der Waals surface area contributed by atoms with E-state index in [1.54, 1.807) is 0 Å². The second kappa shape index (κ2) is 9.97. The molecular formula is C12H24NO2. The normalized spacial score (nSPS) is 14.6. The van der Waals surface area contributed by atoms with E-state index in [4.69, 9.17) is 4.74 Å². The van der Waals surface area contributed by atoms with Crippen LogP contribution in [0.1, 0.15) is 52.9 Å². The molecule has 0 aromatic rings. The Kier molecular flexibility index (Phi) is 9.59. The first kappa shape index (κ1) is 14.4. The predicted molar refractivity (Wildman–Crippen MR) is 62.2 cm³/mol. The number of rotatable bonds is 10. The van der Waals surface area contributed by atoms with Crippen molar-refractivity contribution in [2.75, 3.05) is 6.54 Å². The molecule has 0 aliphatic rings. The average Bonchev–Trinajstić information content (AvgIpc) is 2.27. The van der Waals surface area contributed by atoms with Crippen LogP contribution in [0.4, 0.5) is 0 Å². The van der Waals surface area contributed by atoms with E-state index < -0.39 is 0 Å². The number of ether oxygens (including phenoxy) is 1. The maximum Gasteiger partial charge on any atom is 0.419 e. The predicted octanol–water partition coefficient (Wildman–Crippen LogP) is 2.61. The molecule has 0 rings (SSSR count). The molecule has 0 spiro atoms. The maximum atomic E-state index is 10.1. The summed E-state index contributed by atoms with van der Waals surface area (Å²) in [6.07, 6.45) is 5.57. The van der Waals surface area contributed by atoms with Crippen LogP contribution in [0, 0.1) is 5.92 Å². The smallest absolute Gasteiger partial charge is 0.419 e. The molecule has 1 N–H and O–H groups in total. The van der Waals surface area contributed by atoms with Crippen LogP contribution in [-0.4, -0.2) is 19.2 Å². The van der Waals surface area contributed by atoms with E-state index in [1.807, 2.05) is 6.92 Å². The Morgan fingerprint density at radius 1 is 1.27 bits per heavy atom. The van der Waals surface area contributed by atoms with Gasteiger partial charge in [0.25, 0.3) is 0 Å². The zero-order valence-corrected chi connectivity index (χ0v) is 10.2. The minimum Gasteiger partial charge on any atom is -0.438 e. The number of hydrogen-bond acceptors (Lipinski definition) is 3. The highest BCUT2D eigenvalue weighted by Crippen LogP contribution is 2.11. The molecule has 0 aromatic carbocycles. The molecule has 1 radical (unpaired) electrons. The molecule has 0 aromatic heterocycles. The van der Waals surface area contributed by atoms with Gasteiger partial charge in [0.05, 0.1) is 0 Å². The molecule has 0 amide bonds. The van der Waals surface area contributed by atoms with Crippen molar-refractivity contribution in [1.29, 1.82) is 0 Å². The fourth-order valence-electron chi connectivity index (χ4n) is 1.57. The van der Waals surface area contributed by atoms with E-state index in [0.717, 1.165) is 13.0 Å². The van der Waals surface area contributed by atoms with Crippen LogP contribution in [-0.2, 0) is 9.53 Å². The third kappa shape index (κ3) is 7.37. The van der Waals surface area contributed by atoms with Gasteiger partial charge in [0.15, 0.2) is 6.23 Å². The van der Waals surface area contributed by atoms with Gasteiger partial charge in [0.1, 0.15) is 0 Å². The van der Waals surface area contributed by atoms with Crippen LogP contribution in [0.5, 0.6) is 0 Å². The van der Waals surface area contributed by atoms with Crippen molar-refractivity contribution >= 4 is 6.47 Å². The molecule has 0 aliphatic carbocycles. The van der Waals surface area contributed by atoms with Gasteiger partial charge < -0.3 is 4.74 Å². The molecule has 2 atom stereocenters. The summed E-state index contributed by atoms with van der Waals surface area (Å²) in [5.41, 5.74) is 0. The molecule has 0 saturated carbocycles. The standard InChI is InChI=1S/C12H24NO2/c1-4-7-8-11(5-2)9-13-12(6-3)15-10-14/h11-13H,4-9H2,1-3H3. The third-order valence-electron chi connectivity index (χ3n) is 2.74. The summed E-state index contributed by atoms with van der Waals surface area (Å²) >= 11 is 0. The molecule has 15 heavy (non-hydrogen) atoms. The fourth-order valence-corrected chi connectivity index (χ4v) is 1.57. The summed E-state index contributed by atoms with van der Waals surface area (Å²) in [4.78, 5) is 10.1. The van der Waals surface area contributed by atoms with Crippen molar-refractivity contribution in [2.45, 2.75) is 59.1 Å². The molecule has 0 aliphatic heterocycles. The lowest BCUT2D eigenvalue weighted by Crippen LogP contribution is -2.34. The van der Waals surface area contributed by atoms with Gasteiger partial charge in [-0.1, -0.05) is 40.0 Å². The van der Waals surface area contributed by atoms with Crippen molar-refractivity contribution in [3.63, 3.8) is 0 Å². The Labute approximate surface area is 93.6 Å². The van der Waals surface area contributed by atoms with Crippen molar-refractivity contribution in [3.05, 3.63) is 0 Å². The van der Waals surface area contributed by atoms with E-state index in [2.05, 4.69) is 19.2 Å². The Morgan fingerprint density at radius 3 is 2.47 bits per heavy atom. The average molecular weight is 214 g/mol. The summed E-state index contributed by atoms with van der Waals surface area (Å²) in [7, 11) is 0. The van der Waals surface area contributed by atoms with Gasteiger partial charge in [0.2, 0.25) is 0 Å². The lowest BCUT2D eigenvalue weighted by Gasteiger charge is -2.19.